The maximum Gasteiger partial charge on any atom is 0.326 e. The lowest BCUT2D eigenvalue weighted by atomic mass is 10.00. The Kier molecular flexibility index (Phi) is 10.8. The third kappa shape index (κ3) is 8.83. The number of para-hydroxylation sites is 1. The number of carbonyl (C=O) groups is 3. The van der Waals surface area contributed by atoms with E-state index in [-0.39, 0.29) is 24.7 Å². The van der Waals surface area contributed by atoms with E-state index in [9.17, 15) is 19.5 Å². The van der Waals surface area contributed by atoms with Crippen LogP contribution in [0.3, 0.4) is 0 Å². The molecule has 0 spiro atoms. The molecule has 232 valence electrons. The average molecular weight is 615 g/mol. The van der Waals surface area contributed by atoms with Gasteiger partial charge in [0.05, 0.1) is 12.8 Å². The first-order valence-corrected chi connectivity index (χ1v) is 14.9. The van der Waals surface area contributed by atoms with Crippen LogP contribution < -0.4 is 10.1 Å². The first kappa shape index (κ1) is 31.5. The molecule has 0 saturated carbocycles. The number of furan rings is 1. The summed E-state index contributed by atoms with van der Waals surface area (Å²) in [4.78, 5) is 40.1. The molecule has 2 N–H and O–H groups in total. The number of anilines is 1. The molecule has 0 aliphatic rings. The number of ketones is 1. The van der Waals surface area contributed by atoms with Crippen molar-refractivity contribution in [3.05, 3.63) is 162 Å². The van der Waals surface area contributed by atoms with Gasteiger partial charge in [0.2, 0.25) is 5.91 Å². The summed E-state index contributed by atoms with van der Waals surface area (Å²) in [5, 5.41) is 13.0. The summed E-state index contributed by atoms with van der Waals surface area (Å²) in [6.45, 7) is 1.04. The van der Waals surface area contributed by atoms with Gasteiger partial charge in [-0.25, -0.2) is 4.79 Å². The van der Waals surface area contributed by atoms with Gasteiger partial charge in [-0.1, -0.05) is 84.9 Å². The van der Waals surface area contributed by atoms with Crippen LogP contribution in [0.2, 0.25) is 0 Å². The van der Waals surface area contributed by atoms with Crippen LogP contribution in [-0.2, 0) is 22.6 Å². The number of hydrogen-bond acceptors (Lipinski definition) is 6. The average Bonchev–Trinajstić information content (AvgIpc) is 3.62. The molecule has 8 heteroatoms. The van der Waals surface area contributed by atoms with Crippen molar-refractivity contribution >= 4 is 29.4 Å². The molecule has 4 aromatic carbocycles. The number of aliphatic carboxylic acids is 1. The molecule has 0 unspecified atom stereocenters. The zero-order valence-electron chi connectivity index (χ0n) is 25.1. The summed E-state index contributed by atoms with van der Waals surface area (Å²) < 4.78 is 11.3. The fraction of sp³-hybridized carbons (Fsp3) is 0.132. The number of ether oxygens (including phenoxy) is 1. The first-order valence-electron chi connectivity index (χ1n) is 14.9. The molecule has 5 aromatic rings. The molecule has 0 radical (unpaired) electrons. The third-order valence-corrected chi connectivity index (χ3v) is 7.29. The van der Waals surface area contributed by atoms with Crippen molar-refractivity contribution in [1.29, 1.82) is 0 Å². The molecule has 0 bridgehead atoms. The van der Waals surface area contributed by atoms with Gasteiger partial charge >= 0.3 is 5.97 Å². The minimum absolute atomic E-state index is 0.168. The molecule has 0 fully saturated rings. The van der Waals surface area contributed by atoms with Crippen molar-refractivity contribution in [2.45, 2.75) is 19.0 Å². The Morgan fingerprint density at radius 2 is 1.50 bits per heavy atom. The summed E-state index contributed by atoms with van der Waals surface area (Å²) in [5.41, 5.74) is 3.16. The van der Waals surface area contributed by atoms with Crippen molar-refractivity contribution in [2.24, 2.45) is 0 Å². The molecule has 46 heavy (non-hydrogen) atoms. The second-order valence-electron chi connectivity index (χ2n) is 10.6. The number of rotatable bonds is 15. The highest BCUT2D eigenvalue weighted by molar-refractivity contribution is 6.12. The largest absolute Gasteiger partial charge is 0.492 e. The molecule has 1 amide bonds. The van der Waals surface area contributed by atoms with Gasteiger partial charge in [-0.2, -0.15) is 0 Å². The lowest BCUT2D eigenvalue weighted by molar-refractivity contribution is -0.137. The number of carbonyl (C=O) groups excluding carboxylic acids is 2. The third-order valence-electron chi connectivity index (χ3n) is 7.29. The quantitative estimate of drug-likeness (QED) is 0.0993. The van der Waals surface area contributed by atoms with E-state index >= 15 is 0 Å². The molecule has 1 atom stereocenters. The van der Waals surface area contributed by atoms with Crippen LogP contribution in [0.4, 0.5) is 5.69 Å². The molecule has 0 aliphatic carbocycles. The zero-order chi connectivity index (χ0) is 32.1. The van der Waals surface area contributed by atoms with Crippen molar-refractivity contribution < 1.29 is 28.6 Å². The van der Waals surface area contributed by atoms with E-state index in [4.69, 9.17) is 9.15 Å². The van der Waals surface area contributed by atoms with Gasteiger partial charge in [-0.3, -0.25) is 9.59 Å². The molecule has 8 nitrogen and oxygen atoms in total. The Bertz CT molecular complexity index is 1750. The topological polar surface area (TPSA) is 109 Å². The van der Waals surface area contributed by atoms with Crippen LogP contribution in [-0.4, -0.2) is 46.9 Å². The summed E-state index contributed by atoms with van der Waals surface area (Å²) >= 11 is 0. The Hall–Kier alpha value is -5.89. The summed E-state index contributed by atoms with van der Waals surface area (Å²) in [6.07, 6.45) is 4.86. The Morgan fingerprint density at radius 3 is 2.20 bits per heavy atom. The Labute approximate surface area is 267 Å². The van der Waals surface area contributed by atoms with Crippen LogP contribution >= 0.6 is 0 Å². The van der Waals surface area contributed by atoms with Crippen LogP contribution in [0.15, 0.2) is 138 Å². The highest BCUT2D eigenvalue weighted by Gasteiger charge is 2.21. The number of nitrogens with zero attached hydrogens (tertiary/aromatic N) is 1. The van der Waals surface area contributed by atoms with Gasteiger partial charge in [0, 0.05) is 35.9 Å². The van der Waals surface area contributed by atoms with E-state index in [0.29, 0.717) is 41.4 Å². The van der Waals surface area contributed by atoms with E-state index < -0.39 is 12.0 Å². The highest BCUT2D eigenvalue weighted by atomic mass is 16.5. The standard InChI is InChI=1S/C38H34N2O6/c41-36(22-21-31-14-9-24-45-31)40(27-29-10-3-1-4-11-29)23-25-46-32-19-17-28(18-20-32)26-35(38(43)44)39-34-16-8-7-15-33(34)37(42)30-12-5-2-6-13-30/h1-22,24,35,39H,23,25-27H2,(H,43,44)/b22-21+/t35-/m0/s1. The Morgan fingerprint density at radius 1 is 0.804 bits per heavy atom. The summed E-state index contributed by atoms with van der Waals surface area (Å²) in [7, 11) is 0. The molecule has 1 aromatic heterocycles. The highest BCUT2D eigenvalue weighted by Crippen LogP contribution is 2.22. The van der Waals surface area contributed by atoms with E-state index in [1.54, 1.807) is 90.0 Å². The van der Waals surface area contributed by atoms with Crippen LogP contribution in [0.1, 0.15) is 32.8 Å². The monoisotopic (exact) mass is 614 g/mol. The lowest BCUT2D eigenvalue weighted by Gasteiger charge is -2.22. The predicted octanol–water partition coefficient (Wildman–Crippen LogP) is 6.74. The van der Waals surface area contributed by atoms with Crippen molar-refractivity contribution in [2.75, 3.05) is 18.5 Å². The number of amides is 1. The van der Waals surface area contributed by atoms with Crippen molar-refractivity contribution in [1.82, 2.24) is 4.90 Å². The van der Waals surface area contributed by atoms with Crippen LogP contribution in [0.5, 0.6) is 5.75 Å². The van der Waals surface area contributed by atoms with Gasteiger partial charge in [0.1, 0.15) is 24.2 Å². The zero-order valence-corrected chi connectivity index (χ0v) is 25.1. The van der Waals surface area contributed by atoms with Crippen LogP contribution in [0.25, 0.3) is 6.08 Å². The molecular weight excluding hydrogens is 580 g/mol. The van der Waals surface area contributed by atoms with Gasteiger partial charge in [-0.05, 0) is 53.6 Å². The van der Waals surface area contributed by atoms with E-state index in [1.165, 1.54) is 6.08 Å². The fourth-order valence-corrected chi connectivity index (χ4v) is 4.89. The predicted molar refractivity (Wildman–Crippen MR) is 177 cm³/mol. The van der Waals surface area contributed by atoms with Gasteiger partial charge in [-0.15, -0.1) is 0 Å². The maximum absolute atomic E-state index is 13.1. The second-order valence-corrected chi connectivity index (χ2v) is 10.6. The van der Waals surface area contributed by atoms with Crippen LogP contribution in [0, 0.1) is 0 Å². The fourth-order valence-electron chi connectivity index (χ4n) is 4.89. The number of carboxylic acid groups (broad SMARTS) is 1. The van der Waals surface area contributed by atoms with Crippen molar-refractivity contribution in [3.8, 4) is 5.75 Å². The van der Waals surface area contributed by atoms with E-state index in [1.807, 2.05) is 48.5 Å². The maximum atomic E-state index is 13.1. The Balaban J connectivity index is 1.19. The van der Waals surface area contributed by atoms with E-state index in [0.717, 1.165) is 11.1 Å². The van der Waals surface area contributed by atoms with Gasteiger partial charge in [0.15, 0.2) is 5.78 Å². The minimum atomic E-state index is -1.04. The number of carboxylic acids is 1. The molecule has 1 heterocycles. The number of nitrogens with one attached hydrogen (secondary N) is 1. The smallest absolute Gasteiger partial charge is 0.326 e. The second kappa shape index (κ2) is 15.7. The SMILES string of the molecule is O=C(c1ccccc1)c1ccccc1N[C@@H](Cc1ccc(OCCN(Cc2ccccc2)C(=O)/C=C/c2ccco2)cc1)C(=O)O. The molecule has 5 rings (SSSR count). The molecular formula is C38H34N2O6. The minimum Gasteiger partial charge on any atom is -0.492 e. The normalized spacial score (nSPS) is 11.6. The van der Waals surface area contributed by atoms with Gasteiger partial charge < -0.3 is 24.5 Å². The first-order chi connectivity index (χ1) is 22.5. The van der Waals surface area contributed by atoms with Gasteiger partial charge in [0.25, 0.3) is 0 Å². The summed E-state index contributed by atoms with van der Waals surface area (Å²) in [6, 6.07) is 35.3. The van der Waals surface area contributed by atoms with Crippen molar-refractivity contribution in [3.63, 3.8) is 0 Å². The molecule has 0 aliphatic heterocycles. The number of benzene rings is 4. The number of hydrogen-bond donors (Lipinski definition) is 2. The summed E-state index contributed by atoms with van der Waals surface area (Å²) in [5.74, 6) is -0.202. The lowest BCUT2D eigenvalue weighted by Crippen LogP contribution is -2.33. The molecule has 0 saturated heterocycles. The van der Waals surface area contributed by atoms with E-state index in [2.05, 4.69) is 5.32 Å².